The van der Waals surface area contributed by atoms with Gasteiger partial charge in [-0.1, -0.05) is 23.2 Å². The summed E-state index contributed by atoms with van der Waals surface area (Å²) in [5.41, 5.74) is 1.33. The zero-order valence-corrected chi connectivity index (χ0v) is 15.3. The molecular formula is C17H18Cl2N4O2. The average molecular weight is 381 g/mol. The molecule has 1 aliphatic rings. The first-order valence-electron chi connectivity index (χ1n) is 8.04. The van der Waals surface area contributed by atoms with Crippen LogP contribution in [0.3, 0.4) is 0 Å². The minimum Gasteiger partial charge on any atom is -0.477 e. The summed E-state index contributed by atoms with van der Waals surface area (Å²) < 4.78 is 5.24. The molecule has 0 N–H and O–H groups in total. The second-order valence-corrected chi connectivity index (χ2v) is 6.38. The summed E-state index contributed by atoms with van der Waals surface area (Å²) in [6.07, 6.45) is 0. The highest BCUT2D eigenvalue weighted by atomic mass is 35.5. The van der Waals surface area contributed by atoms with Crippen LogP contribution in [0.15, 0.2) is 30.3 Å². The minimum atomic E-state index is -0.121. The van der Waals surface area contributed by atoms with Gasteiger partial charge in [0, 0.05) is 37.9 Å². The van der Waals surface area contributed by atoms with E-state index in [1.165, 1.54) is 0 Å². The van der Waals surface area contributed by atoms with Crippen molar-refractivity contribution in [3.05, 3.63) is 46.1 Å². The molecule has 0 atom stereocenters. The lowest BCUT2D eigenvalue weighted by Gasteiger charge is -2.36. The molecule has 8 heteroatoms. The number of aromatic nitrogens is 2. The quantitative estimate of drug-likeness (QED) is 0.815. The molecular weight excluding hydrogens is 363 g/mol. The number of carbonyl (C=O) groups excluding carboxylic acids is 1. The van der Waals surface area contributed by atoms with Gasteiger partial charge in [-0.15, -0.1) is 10.2 Å². The number of rotatable bonds is 4. The van der Waals surface area contributed by atoms with Gasteiger partial charge >= 0.3 is 0 Å². The summed E-state index contributed by atoms with van der Waals surface area (Å²) in [6.45, 7) is 5.02. The lowest BCUT2D eigenvalue weighted by Crippen LogP contribution is -2.49. The monoisotopic (exact) mass is 380 g/mol. The minimum absolute atomic E-state index is 0.121. The van der Waals surface area contributed by atoms with E-state index in [-0.39, 0.29) is 5.91 Å². The lowest BCUT2D eigenvalue weighted by atomic mass is 10.2. The Morgan fingerprint density at radius 2 is 1.84 bits per heavy atom. The van der Waals surface area contributed by atoms with Crippen molar-refractivity contribution in [1.29, 1.82) is 0 Å². The van der Waals surface area contributed by atoms with Crippen LogP contribution in [0.1, 0.15) is 17.4 Å². The first kappa shape index (κ1) is 17.8. The highest BCUT2D eigenvalue weighted by Gasteiger charge is 2.23. The summed E-state index contributed by atoms with van der Waals surface area (Å²) in [5, 5.41) is 8.93. The Morgan fingerprint density at radius 3 is 2.44 bits per heavy atom. The molecule has 0 bridgehead atoms. The van der Waals surface area contributed by atoms with E-state index in [4.69, 9.17) is 27.9 Å². The molecule has 1 aromatic carbocycles. The van der Waals surface area contributed by atoms with Gasteiger partial charge in [-0.05, 0) is 31.2 Å². The maximum atomic E-state index is 12.5. The summed E-state index contributed by atoms with van der Waals surface area (Å²) >= 11 is 12.0. The summed E-state index contributed by atoms with van der Waals surface area (Å²) in [6, 6.07) is 8.87. The molecule has 1 saturated heterocycles. The number of halogens is 2. The number of hydrogen-bond acceptors (Lipinski definition) is 5. The molecule has 0 radical (unpaired) electrons. The second kappa shape index (κ2) is 7.89. The van der Waals surface area contributed by atoms with E-state index >= 15 is 0 Å². The SMILES string of the molecule is CCOc1ccc(C(=O)N2CCN(c3ccc(Cl)c(Cl)c3)CC2)nn1. The summed E-state index contributed by atoms with van der Waals surface area (Å²) in [4.78, 5) is 16.5. The molecule has 6 nitrogen and oxygen atoms in total. The molecule has 1 fully saturated rings. The van der Waals surface area contributed by atoms with Gasteiger partial charge in [0.1, 0.15) is 0 Å². The molecule has 0 aliphatic carbocycles. The Morgan fingerprint density at radius 1 is 1.08 bits per heavy atom. The lowest BCUT2D eigenvalue weighted by molar-refractivity contribution is 0.0739. The number of benzene rings is 1. The highest BCUT2D eigenvalue weighted by Crippen LogP contribution is 2.27. The molecule has 1 amide bonds. The topological polar surface area (TPSA) is 58.6 Å². The number of nitrogens with zero attached hydrogens (tertiary/aromatic N) is 4. The van der Waals surface area contributed by atoms with Crippen LogP contribution in [0.2, 0.25) is 10.0 Å². The molecule has 25 heavy (non-hydrogen) atoms. The van der Waals surface area contributed by atoms with Crippen LogP contribution in [-0.2, 0) is 0 Å². The van der Waals surface area contributed by atoms with Crippen molar-refractivity contribution in [3.8, 4) is 5.88 Å². The molecule has 0 saturated carbocycles. The van der Waals surface area contributed by atoms with Crippen molar-refractivity contribution >= 4 is 34.8 Å². The number of amides is 1. The van der Waals surface area contributed by atoms with E-state index in [0.717, 1.165) is 5.69 Å². The second-order valence-electron chi connectivity index (χ2n) is 5.57. The van der Waals surface area contributed by atoms with Crippen molar-refractivity contribution in [2.75, 3.05) is 37.7 Å². The van der Waals surface area contributed by atoms with E-state index in [0.29, 0.717) is 54.4 Å². The first-order valence-corrected chi connectivity index (χ1v) is 8.80. The Hall–Kier alpha value is -2.05. The van der Waals surface area contributed by atoms with Crippen LogP contribution < -0.4 is 9.64 Å². The van der Waals surface area contributed by atoms with E-state index in [1.54, 1.807) is 23.1 Å². The van der Waals surface area contributed by atoms with E-state index in [2.05, 4.69) is 15.1 Å². The zero-order chi connectivity index (χ0) is 17.8. The van der Waals surface area contributed by atoms with Gasteiger partial charge in [-0.2, -0.15) is 0 Å². The Bertz CT molecular complexity index is 747. The highest BCUT2D eigenvalue weighted by molar-refractivity contribution is 6.42. The molecule has 1 aliphatic heterocycles. The molecule has 132 valence electrons. The van der Waals surface area contributed by atoms with Crippen LogP contribution >= 0.6 is 23.2 Å². The van der Waals surface area contributed by atoms with Crippen LogP contribution in [0.4, 0.5) is 5.69 Å². The molecule has 2 heterocycles. The summed E-state index contributed by atoms with van der Waals surface area (Å²) in [7, 11) is 0. The van der Waals surface area contributed by atoms with Gasteiger partial charge in [0.25, 0.3) is 5.91 Å². The first-order chi connectivity index (χ1) is 12.1. The largest absolute Gasteiger partial charge is 0.477 e. The van der Waals surface area contributed by atoms with E-state index < -0.39 is 0 Å². The van der Waals surface area contributed by atoms with Gasteiger partial charge in [0.05, 0.1) is 16.7 Å². The molecule has 0 unspecified atom stereocenters. The van der Waals surface area contributed by atoms with Crippen molar-refractivity contribution in [2.24, 2.45) is 0 Å². The number of anilines is 1. The predicted octanol–water partition coefficient (Wildman–Crippen LogP) is 3.14. The summed E-state index contributed by atoms with van der Waals surface area (Å²) in [5.74, 6) is 0.299. The van der Waals surface area contributed by atoms with Crippen molar-refractivity contribution < 1.29 is 9.53 Å². The number of carbonyl (C=O) groups is 1. The fourth-order valence-electron chi connectivity index (χ4n) is 2.67. The molecule has 0 spiro atoms. The standard InChI is InChI=1S/C17H18Cl2N4O2/c1-2-25-16-6-5-15(20-21-16)17(24)23-9-7-22(8-10-23)12-3-4-13(18)14(19)11-12/h3-6,11H,2,7-10H2,1H3. The average Bonchev–Trinajstić information content (AvgIpc) is 2.64. The Balaban J connectivity index is 1.61. The number of hydrogen-bond donors (Lipinski definition) is 0. The van der Waals surface area contributed by atoms with Gasteiger partial charge < -0.3 is 14.5 Å². The van der Waals surface area contributed by atoms with Gasteiger partial charge in [0.15, 0.2) is 5.69 Å². The molecule has 3 rings (SSSR count). The Kier molecular flexibility index (Phi) is 5.60. The third-order valence-electron chi connectivity index (χ3n) is 3.99. The maximum absolute atomic E-state index is 12.5. The number of ether oxygens (including phenoxy) is 1. The van der Waals surface area contributed by atoms with Crippen LogP contribution in [-0.4, -0.2) is 53.8 Å². The van der Waals surface area contributed by atoms with Crippen LogP contribution in [0.5, 0.6) is 5.88 Å². The smallest absolute Gasteiger partial charge is 0.274 e. The van der Waals surface area contributed by atoms with Crippen LogP contribution in [0.25, 0.3) is 0 Å². The van der Waals surface area contributed by atoms with Gasteiger partial charge in [-0.3, -0.25) is 4.79 Å². The third-order valence-corrected chi connectivity index (χ3v) is 4.73. The predicted molar refractivity (Wildman–Crippen MR) is 97.8 cm³/mol. The van der Waals surface area contributed by atoms with Crippen molar-refractivity contribution in [1.82, 2.24) is 15.1 Å². The maximum Gasteiger partial charge on any atom is 0.274 e. The van der Waals surface area contributed by atoms with Gasteiger partial charge in [-0.25, -0.2) is 0 Å². The fourth-order valence-corrected chi connectivity index (χ4v) is 2.96. The van der Waals surface area contributed by atoms with E-state index in [9.17, 15) is 4.79 Å². The van der Waals surface area contributed by atoms with E-state index in [1.807, 2.05) is 19.1 Å². The third kappa shape index (κ3) is 4.14. The van der Waals surface area contributed by atoms with Crippen molar-refractivity contribution in [3.63, 3.8) is 0 Å². The fraction of sp³-hybridized carbons (Fsp3) is 0.353. The van der Waals surface area contributed by atoms with Crippen LogP contribution in [0, 0.1) is 0 Å². The van der Waals surface area contributed by atoms with Gasteiger partial charge in [0.2, 0.25) is 5.88 Å². The number of piperazine rings is 1. The van der Waals surface area contributed by atoms with Crippen molar-refractivity contribution in [2.45, 2.75) is 6.92 Å². The zero-order valence-electron chi connectivity index (χ0n) is 13.8. The normalized spacial score (nSPS) is 14.5. The Labute approximate surface area is 156 Å². The molecule has 1 aromatic heterocycles. The molecule has 2 aromatic rings.